The first-order valence-corrected chi connectivity index (χ1v) is 12.6. The Kier molecular flexibility index (Phi) is 14.4. The molecule has 0 spiro atoms. The number of aliphatic hydroxyl groups is 1. The second kappa shape index (κ2) is 16.9. The van der Waals surface area contributed by atoms with E-state index in [1.807, 2.05) is 44.2 Å². The Labute approximate surface area is 223 Å². The zero-order valence-electron chi connectivity index (χ0n) is 22.1. The summed E-state index contributed by atoms with van der Waals surface area (Å²) >= 11 is 0. The Morgan fingerprint density at radius 1 is 0.947 bits per heavy atom. The molecule has 0 aliphatic rings. The van der Waals surface area contributed by atoms with Gasteiger partial charge in [0.05, 0.1) is 18.6 Å². The van der Waals surface area contributed by atoms with Crippen molar-refractivity contribution in [2.24, 2.45) is 33.8 Å². The zero-order chi connectivity index (χ0) is 28.7. The van der Waals surface area contributed by atoms with E-state index in [-0.39, 0.29) is 31.4 Å². The maximum atomic E-state index is 13.1. The number of hydrogen-bond acceptors (Lipinski definition) is 7. The van der Waals surface area contributed by atoms with Crippen LogP contribution in [0.25, 0.3) is 0 Å². The summed E-state index contributed by atoms with van der Waals surface area (Å²) in [6.45, 7) is 3.93. The number of aliphatic hydroxyl groups excluding tert-OH is 1. The molecule has 4 atom stereocenters. The largest absolute Gasteiger partial charge is 0.391 e. The van der Waals surface area contributed by atoms with E-state index in [1.54, 1.807) is 0 Å². The Morgan fingerprint density at radius 2 is 1.58 bits per heavy atom. The molecule has 0 radical (unpaired) electrons. The molecule has 0 bridgehead atoms. The maximum absolute atomic E-state index is 13.1. The average Bonchev–Trinajstić information content (AvgIpc) is 2.83. The molecule has 0 aliphatic carbocycles. The molecule has 0 fully saturated rings. The molecule has 0 saturated carbocycles. The number of rotatable bonds is 17. The Balaban J connectivity index is 2.87. The number of nitrogens with two attached hydrogens (primary N) is 4. The fraction of sp³-hybridized carbons (Fsp3) is 0.560. The lowest BCUT2D eigenvalue weighted by Crippen LogP contribution is -2.56. The zero-order valence-corrected chi connectivity index (χ0v) is 22.1. The summed E-state index contributed by atoms with van der Waals surface area (Å²) in [6.07, 6.45) is -0.178. The molecule has 38 heavy (non-hydrogen) atoms. The molecule has 1 aromatic rings. The van der Waals surface area contributed by atoms with Crippen LogP contribution in [0.5, 0.6) is 0 Å². The van der Waals surface area contributed by atoms with Crippen molar-refractivity contribution in [1.29, 1.82) is 0 Å². The number of amides is 4. The number of guanidine groups is 1. The summed E-state index contributed by atoms with van der Waals surface area (Å²) in [5, 5.41) is 17.9. The number of aliphatic imine (C=N–C) groups is 1. The summed E-state index contributed by atoms with van der Waals surface area (Å²) < 4.78 is 0. The van der Waals surface area contributed by atoms with Crippen LogP contribution in [-0.4, -0.2) is 72.0 Å². The van der Waals surface area contributed by atoms with Gasteiger partial charge in [-0.2, -0.15) is 0 Å². The van der Waals surface area contributed by atoms with E-state index in [0.29, 0.717) is 19.3 Å². The highest BCUT2D eigenvalue weighted by molar-refractivity contribution is 5.95. The third-order valence-corrected chi connectivity index (χ3v) is 5.50. The van der Waals surface area contributed by atoms with Crippen molar-refractivity contribution in [1.82, 2.24) is 16.0 Å². The van der Waals surface area contributed by atoms with E-state index < -0.39 is 54.3 Å². The second-order valence-corrected chi connectivity index (χ2v) is 9.57. The van der Waals surface area contributed by atoms with Crippen LogP contribution in [0.3, 0.4) is 0 Å². The highest BCUT2D eigenvalue weighted by Gasteiger charge is 2.29. The highest BCUT2D eigenvalue weighted by atomic mass is 16.3. The molecule has 212 valence electrons. The summed E-state index contributed by atoms with van der Waals surface area (Å²) in [7, 11) is 0. The lowest BCUT2D eigenvalue weighted by molar-refractivity contribution is -0.134. The fourth-order valence-electron chi connectivity index (χ4n) is 3.65. The van der Waals surface area contributed by atoms with Gasteiger partial charge in [0.1, 0.15) is 12.1 Å². The van der Waals surface area contributed by atoms with Crippen molar-refractivity contribution in [3.63, 3.8) is 0 Å². The number of hydrogen-bond donors (Lipinski definition) is 8. The monoisotopic (exact) mass is 534 g/mol. The minimum Gasteiger partial charge on any atom is -0.391 e. The molecule has 0 saturated heterocycles. The summed E-state index contributed by atoms with van der Waals surface area (Å²) in [5.74, 6) is -2.70. The Hall–Kier alpha value is -3.71. The Morgan fingerprint density at radius 3 is 2.16 bits per heavy atom. The number of primary amides is 1. The SMILES string of the molecule is CC(C)C[C@H](N)C(=O)N[C@@H](CCCN=C(N)N)C(=O)N[C@@H](CC(N)=O)C(=O)NCC(O)Cc1ccccc1. The van der Waals surface area contributed by atoms with Crippen molar-refractivity contribution in [3.8, 4) is 0 Å². The summed E-state index contributed by atoms with van der Waals surface area (Å²) in [5.41, 5.74) is 22.8. The van der Waals surface area contributed by atoms with E-state index in [2.05, 4.69) is 20.9 Å². The van der Waals surface area contributed by atoms with Crippen LogP contribution in [0.1, 0.15) is 45.1 Å². The Bertz CT molecular complexity index is 937. The van der Waals surface area contributed by atoms with Gasteiger partial charge in [-0.1, -0.05) is 44.2 Å². The summed E-state index contributed by atoms with van der Waals surface area (Å²) in [6, 6.07) is 5.99. The van der Waals surface area contributed by atoms with Crippen molar-refractivity contribution >= 4 is 29.6 Å². The predicted molar refractivity (Wildman–Crippen MR) is 144 cm³/mol. The number of carbonyl (C=O) groups is 4. The number of carbonyl (C=O) groups excluding carboxylic acids is 4. The van der Waals surface area contributed by atoms with E-state index in [0.717, 1.165) is 5.56 Å². The van der Waals surface area contributed by atoms with Crippen LogP contribution in [0.4, 0.5) is 0 Å². The number of nitrogens with zero attached hydrogens (tertiary/aromatic N) is 1. The van der Waals surface area contributed by atoms with Gasteiger partial charge in [-0.05, 0) is 30.7 Å². The van der Waals surface area contributed by atoms with E-state index >= 15 is 0 Å². The third kappa shape index (κ3) is 13.6. The third-order valence-electron chi connectivity index (χ3n) is 5.50. The molecular formula is C25H42N8O5. The van der Waals surface area contributed by atoms with Crippen LogP contribution in [0.2, 0.25) is 0 Å². The van der Waals surface area contributed by atoms with Gasteiger partial charge < -0.3 is 44.0 Å². The fourth-order valence-corrected chi connectivity index (χ4v) is 3.65. The molecule has 0 aliphatic heterocycles. The van der Waals surface area contributed by atoms with Crippen molar-refractivity contribution in [2.75, 3.05) is 13.1 Å². The van der Waals surface area contributed by atoms with E-state index in [4.69, 9.17) is 22.9 Å². The second-order valence-electron chi connectivity index (χ2n) is 9.57. The van der Waals surface area contributed by atoms with Crippen LogP contribution in [0, 0.1) is 5.92 Å². The highest BCUT2D eigenvalue weighted by Crippen LogP contribution is 2.06. The lowest BCUT2D eigenvalue weighted by Gasteiger charge is -2.24. The first-order chi connectivity index (χ1) is 17.9. The molecule has 1 rings (SSSR count). The van der Waals surface area contributed by atoms with Gasteiger partial charge in [0.15, 0.2) is 5.96 Å². The topological polar surface area (TPSA) is 241 Å². The van der Waals surface area contributed by atoms with Gasteiger partial charge >= 0.3 is 0 Å². The van der Waals surface area contributed by atoms with Crippen LogP contribution < -0.4 is 38.9 Å². The molecule has 1 unspecified atom stereocenters. The van der Waals surface area contributed by atoms with Crippen molar-refractivity contribution in [3.05, 3.63) is 35.9 Å². The summed E-state index contributed by atoms with van der Waals surface area (Å²) in [4.78, 5) is 53.9. The molecule has 4 amide bonds. The van der Waals surface area contributed by atoms with Gasteiger partial charge in [0, 0.05) is 19.5 Å². The predicted octanol–water partition coefficient (Wildman–Crippen LogP) is -2.02. The maximum Gasteiger partial charge on any atom is 0.243 e. The van der Waals surface area contributed by atoms with Gasteiger partial charge in [0.2, 0.25) is 23.6 Å². The average molecular weight is 535 g/mol. The van der Waals surface area contributed by atoms with Gasteiger partial charge in [-0.15, -0.1) is 0 Å². The quantitative estimate of drug-likeness (QED) is 0.0628. The minimum absolute atomic E-state index is 0.110. The molecular weight excluding hydrogens is 492 g/mol. The van der Waals surface area contributed by atoms with Crippen LogP contribution in [-0.2, 0) is 25.6 Å². The van der Waals surface area contributed by atoms with Gasteiger partial charge in [-0.25, -0.2) is 0 Å². The molecule has 13 nitrogen and oxygen atoms in total. The minimum atomic E-state index is -1.31. The molecule has 0 heterocycles. The molecule has 13 heteroatoms. The van der Waals surface area contributed by atoms with E-state index in [9.17, 15) is 24.3 Å². The van der Waals surface area contributed by atoms with Crippen LogP contribution in [0.15, 0.2) is 35.3 Å². The molecule has 12 N–H and O–H groups in total. The number of benzene rings is 1. The van der Waals surface area contributed by atoms with Gasteiger partial charge in [0.25, 0.3) is 0 Å². The first-order valence-electron chi connectivity index (χ1n) is 12.6. The molecule has 0 aromatic heterocycles. The van der Waals surface area contributed by atoms with Gasteiger partial charge in [-0.3, -0.25) is 24.2 Å². The smallest absolute Gasteiger partial charge is 0.243 e. The van der Waals surface area contributed by atoms with E-state index in [1.165, 1.54) is 0 Å². The standard InChI is InChI=1S/C25H42N8O5/c1-15(2)11-18(26)22(36)32-19(9-6-10-30-25(28)29)24(38)33-20(13-21(27)35)23(37)31-14-17(34)12-16-7-4-3-5-8-16/h3-5,7-8,15,17-20,34H,6,9-14,26H2,1-2H3,(H2,27,35)(H,31,37)(H,32,36)(H,33,38)(H4,28,29,30)/t17?,18-,19-,20-/m0/s1. The molecule has 1 aromatic carbocycles. The van der Waals surface area contributed by atoms with Crippen LogP contribution >= 0.6 is 0 Å². The lowest BCUT2D eigenvalue weighted by atomic mass is 10.0. The van der Waals surface area contributed by atoms with Crippen molar-refractivity contribution < 1.29 is 24.3 Å². The van der Waals surface area contributed by atoms with Crippen molar-refractivity contribution in [2.45, 2.75) is 70.2 Å². The number of nitrogens with one attached hydrogen (secondary N) is 3. The normalized spacial score (nSPS) is 14.0. The first kappa shape index (κ1) is 32.3.